The maximum atomic E-state index is 12.4. The van der Waals surface area contributed by atoms with E-state index in [9.17, 15) is 61.7 Å². The summed E-state index contributed by atoms with van der Waals surface area (Å²) in [6, 6.07) is 48.5. The molecule has 16 nitrogen and oxygen atoms in total. The summed E-state index contributed by atoms with van der Waals surface area (Å²) >= 11 is 5.39. The second-order valence-corrected chi connectivity index (χ2v) is 18.5. The maximum Gasteiger partial charge on any atom is 0.416 e. The lowest BCUT2D eigenvalue weighted by molar-refractivity contribution is -0.164. The Kier molecular flexibility index (Phi) is 26.2. The minimum Gasteiger partial charge on any atom is -0.481 e. The smallest absolute Gasteiger partial charge is 0.416 e. The van der Waals surface area contributed by atoms with Gasteiger partial charge >= 0.3 is 48.0 Å². The molecular weight excluding hydrogens is 1100 g/mol. The van der Waals surface area contributed by atoms with Crippen LogP contribution in [-0.2, 0) is 36.6 Å². The Hall–Kier alpha value is -9.75. The van der Waals surface area contributed by atoms with Gasteiger partial charge in [0.1, 0.15) is 11.3 Å². The van der Waals surface area contributed by atoms with Crippen molar-refractivity contribution in [2.75, 3.05) is 0 Å². The van der Waals surface area contributed by atoms with Gasteiger partial charge in [-0.05, 0) is 77.6 Å². The van der Waals surface area contributed by atoms with Crippen LogP contribution in [0.2, 0.25) is 5.02 Å². The first-order valence-corrected chi connectivity index (χ1v) is 25.8. The van der Waals surface area contributed by atoms with E-state index in [1.807, 2.05) is 110 Å². The van der Waals surface area contributed by atoms with E-state index in [1.165, 1.54) is 12.1 Å². The zero-order chi connectivity index (χ0) is 61.1. The highest BCUT2D eigenvalue weighted by Crippen LogP contribution is 2.58. The van der Waals surface area contributed by atoms with Gasteiger partial charge in [-0.25, -0.2) is 9.59 Å². The quantitative estimate of drug-likeness (QED) is 0.0202. The predicted molar refractivity (Wildman–Crippen MR) is 300 cm³/mol. The third kappa shape index (κ3) is 21.3. The Morgan fingerprint density at radius 2 is 1.10 bits per heavy atom. The highest BCUT2D eigenvalue weighted by atomic mass is 35.5. The molecule has 0 saturated heterocycles. The summed E-state index contributed by atoms with van der Waals surface area (Å²) in [5.41, 5.74) is 2.73. The lowest BCUT2D eigenvalue weighted by atomic mass is 9.52. The number of carboxylic acid groups (broad SMARTS) is 6. The van der Waals surface area contributed by atoms with E-state index in [1.54, 1.807) is 60.9 Å². The Bertz CT molecular complexity index is 3250. The summed E-state index contributed by atoms with van der Waals surface area (Å²) < 4.78 is 41.4. The molecule has 4 atom stereocenters. The number of aryl methyl sites for hydroxylation is 1. The number of benzene rings is 6. The van der Waals surface area contributed by atoms with Crippen molar-refractivity contribution in [3.63, 3.8) is 0 Å². The van der Waals surface area contributed by atoms with Crippen LogP contribution < -0.4 is 4.74 Å². The van der Waals surface area contributed by atoms with Crippen LogP contribution in [0.5, 0.6) is 5.75 Å². The number of rotatable bonds is 18. The molecule has 83 heavy (non-hydrogen) atoms. The average Bonchev–Trinajstić information content (AvgIpc) is 2.07. The number of halogens is 4. The number of carbonyl (C=O) groups is 8. The first-order valence-electron chi connectivity index (χ1n) is 25.4. The summed E-state index contributed by atoms with van der Waals surface area (Å²) in [7, 11) is 0. The molecular formula is C63H57ClF3NO15. The zero-order valence-electron chi connectivity index (χ0n) is 44.3. The molecule has 1 heterocycles. The van der Waals surface area contributed by atoms with Crippen LogP contribution >= 0.6 is 11.6 Å². The second-order valence-electron chi connectivity index (χ2n) is 18.1. The molecule has 7 aromatic rings. The maximum absolute atomic E-state index is 12.4. The van der Waals surface area contributed by atoms with Crippen LogP contribution in [0.15, 0.2) is 194 Å². The topological polar surface area (TPSA) is 280 Å². The molecule has 1 fully saturated rings. The van der Waals surface area contributed by atoms with Crippen molar-refractivity contribution in [2.45, 2.75) is 63.5 Å². The van der Waals surface area contributed by atoms with E-state index in [0.717, 1.165) is 47.2 Å². The van der Waals surface area contributed by atoms with Gasteiger partial charge in [-0.2, -0.15) is 13.2 Å². The third-order valence-electron chi connectivity index (χ3n) is 12.2. The number of hydrogen-bond donors (Lipinski definition) is 6. The summed E-state index contributed by atoms with van der Waals surface area (Å²) in [4.78, 5) is 93.1. The standard InChI is InChI=1S/C18H16O4.C17H14O3.C12H14O4.C8H4ClF3O2.C8H9NO2/c19-17(20)15-13(11-7-3-1-4-8-11)14(16(15)18(21)22)12-9-5-2-6-10-12;18-16(19)12-15(11-13-7-3-1-4-8-13)17(20)14-9-5-2-6-10-14;1-2-3-8-11(13)16-10-7-5-4-6-9(10)12(14)15;9-6-2-1-4(8(10,11)12)3-5(6)7(13)14;10-8(11)4-3-7-2-1-5-9-6-7/h1-10,13-16H,(H,19,20)(H,21,22);1-11H,12H2,(H,18,19);4-7H,2-3,8H2,1H3,(H,14,15);1-3H,(H,13,14);1-2,5-6H,3-4H2,(H,10,11). The lowest BCUT2D eigenvalue weighted by Crippen LogP contribution is -2.51. The molecule has 0 bridgehead atoms. The molecule has 432 valence electrons. The summed E-state index contributed by atoms with van der Waals surface area (Å²) in [6.07, 6.45) is 2.82. The molecule has 0 amide bonds. The van der Waals surface area contributed by atoms with Gasteiger partial charge < -0.3 is 35.4 Å². The number of unbranched alkanes of at least 4 members (excludes halogenated alkanes) is 1. The Labute approximate surface area is 479 Å². The molecule has 1 aliphatic rings. The Morgan fingerprint density at radius 1 is 0.590 bits per heavy atom. The number of carbonyl (C=O) groups excluding carboxylic acids is 2. The van der Waals surface area contributed by atoms with E-state index in [2.05, 4.69) is 4.98 Å². The summed E-state index contributed by atoms with van der Waals surface area (Å²) in [5.74, 6) is -9.43. The molecule has 0 spiro atoms. The molecule has 1 aromatic heterocycles. The second kappa shape index (κ2) is 33.1. The van der Waals surface area contributed by atoms with Crippen molar-refractivity contribution in [3.8, 4) is 5.75 Å². The Morgan fingerprint density at radius 3 is 1.55 bits per heavy atom. The van der Waals surface area contributed by atoms with Crippen molar-refractivity contribution in [1.29, 1.82) is 0 Å². The molecule has 0 aliphatic heterocycles. The molecule has 4 unspecified atom stereocenters. The van der Waals surface area contributed by atoms with Crippen LogP contribution in [0, 0.1) is 11.8 Å². The predicted octanol–water partition coefficient (Wildman–Crippen LogP) is 13.0. The fraction of sp³-hybridized carbons (Fsp3) is 0.190. The molecule has 8 rings (SSSR count). The minimum atomic E-state index is -4.56. The van der Waals surface area contributed by atoms with Gasteiger partial charge in [0.25, 0.3) is 0 Å². The fourth-order valence-electron chi connectivity index (χ4n) is 8.32. The number of aromatic carboxylic acids is 2. The normalized spacial score (nSPS) is 14.9. The molecule has 1 saturated carbocycles. The van der Waals surface area contributed by atoms with E-state index >= 15 is 0 Å². The van der Waals surface area contributed by atoms with E-state index in [-0.39, 0.29) is 52.4 Å². The number of nitrogens with zero attached hydrogens (tertiary/aromatic N) is 1. The van der Waals surface area contributed by atoms with Gasteiger partial charge in [0, 0.05) is 48.2 Å². The van der Waals surface area contributed by atoms with Crippen molar-refractivity contribution >= 4 is 65.2 Å². The molecule has 0 radical (unpaired) electrons. The van der Waals surface area contributed by atoms with Crippen molar-refractivity contribution in [2.24, 2.45) is 11.8 Å². The van der Waals surface area contributed by atoms with Gasteiger partial charge in [-0.1, -0.05) is 164 Å². The number of alkyl halides is 3. The number of para-hydroxylation sites is 1. The van der Waals surface area contributed by atoms with Gasteiger partial charge in [0.15, 0.2) is 5.78 Å². The first kappa shape index (κ1) is 65.8. The molecule has 1 aliphatic carbocycles. The number of carboxylic acids is 6. The number of aliphatic carboxylic acids is 4. The molecule has 20 heteroatoms. The van der Waals surface area contributed by atoms with Crippen molar-refractivity contribution in [1.82, 2.24) is 4.98 Å². The summed E-state index contributed by atoms with van der Waals surface area (Å²) in [5, 5.41) is 53.4. The fourth-order valence-corrected chi connectivity index (χ4v) is 8.52. The van der Waals surface area contributed by atoms with Crippen LogP contribution in [0.4, 0.5) is 13.2 Å². The number of pyridine rings is 1. The van der Waals surface area contributed by atoms with Crippen LogP contribution in [0.3, 0.4) is 0 Å². The van der Waals surface area contributed by atoms with Gasteiger partial charge in [-0.15, -0.1) is 0 Å². The number of hydrogen-bond acceptors (Lipinski definition) is 10. The lowest BCUT2D eigenvalue weighted by Gasteiger charge is -2.48. The minimum absolute atomic E-state index is 0.00680. The Balaban J connectivity index is 0.000000227. The summed E-state index contributed by atoms with van der Waals surface area (Å²) in [6.45, 7) is 1.97. The van der Waals surface area contributed by atoms with Crippen molar-refractivity contribution < 1.29 is 86.9 Å². The number of ketones is 1. The number of esters is 1. The molecule has 6 aromatic carbocycles. The van der Waals surface area contributed by atoms with E-state index in [4.69, 9.17) is 36.8 Å². The number of aromatic nitrogens is 1. The van der Waals surface area contributed by atoms with Crippen LogP contribution in [0.25, 0.3) is 6.08 Å². The average molecular weight is 1160 g/mol. The van der Waals surface area contributed by atoms with Gasteiger partial charge in [-0.3, -0.25) is 33.8 Å². The largest absolute Gasteiger partial charge is 0.481 e. The van der Waals surface area contributed by atoms with Gasteiger partial charge in [0.2, 0.25) is 0 Å². The zero-order valence-corrected chi connectivity index (χ0v) is 45.1. The first-order chi connectivity index (χ1) is 39.5. The highest BCUT2D eigenvalue weighted by molar-refractivity contribution is 6.33. The van der Waals surface area contributed by atoms with Crippen molar-refractivity contribution in [3.05, 3.63) is 243 Å². The SMILES string of the molecule is CCCCC(=O)Oc1ccccc1C(=O)O.O=C(O)C1C(C(=O)O)C(c2ccccc2)C1c1ccccc1.O=C(O)CC(=Cc1ccccc1)C(=O)c1ccccc1.O=C(O)CCc1cccnc1.O=C(O)c1cc(C(F)(F)F)ccc1Cl. The van der Waals surface area contributed by atoms with Crippen LogP contribution in [-0.4, -0.2) is 83.2 Å². The number of ether oxygens (including phenoxy) is 1. The third-order valence-corrected chi connectivity index (χ3v) is 12.6. The highest BCUT2D eigenvalue weighted by Gasteiger charge is 2.58. The van der Waals surface area contributed by atoms with Crippen LogP contribution in [0.1, 0.15) is 110 Å². The van der Waals surface area contributed by atoms with E-state index < -0.39 is 70.9 Å². The molecule has 6 N–H and O–H groups in total. The number of Topliss-reactive ketones (excluding diaryl/α,β-unsaturated/α-hetero) is 1. The van der Waals surface area contributed by atoms with Gasteiger partial charge in [0.05, 0.1) is 34.4 Å². The monoisotopic (exact) mass is 1160 g/mol. The van der Waals surface area contributed by atoms with E-state index in [0.29, 0.717) is 24.5 Å².